The van der Waals surface area contributed by atoms with Crippen molar-refractivity contribution in [3.63, 3.8) is 0 Å². The van der Waals surface area contributed by atoms with Crippen molar-refractivity contribution in [2.45, 2.75) is 113 Å². The van der Waals surface area contributed by atoms with Crippen LogP contribution in [0.1, 0.15) is 123 Å². The molecule has 0 aliphatic heterocycles. The Morgan fingerprint density at radius 3 is 2.09 bits per heavy atom. The second-order valence-corrected chi connectivity index (χ2v) is 17.6. The highest BCUT2D eigenvalue weighted by molar-refractivity contribution is 5.98. The zero-order valence-corrected chi connectivity index (χ0v) is 29.8. The first-order valence-corrected chi connectivity index (χ1v) is 18.7. The number of rotatable bonds is 9. The van der Waals surface area contributed by atoms with E-state index in [1.807, 2.05) is 60.7 Å². The van der Waals surface area contributed by atoms with Gasteiger partial charge in [0, 0.05) is 11.5 Å². The quantitative estimate of drug-likeness (QED) is 0.158. The van der Waals surface area contributed by atoms with Gasteiger partial charge in [0.1, 0.15) is 5.75 Å². The van der Waals surface area contributed by atoms with Crippen LogP contribution in [0.5, 0.6) is 5.75 Å². The van der Waals surface area contributed by atoms with E-state index in [0.29, 0.717) is 28.9 Å². The molecule has 4 fully saturated rings. The zero-order chi connectivity index (χ0) is 32.9. The molecule has 2 aromatic carbocycles. The van der Waals surface area contributed by atoms with E-state index in [2.05, 4.69) is 48.5 Å². The molecule has 0 spiro atoms. The Bertz CT molecular complexity index is 1360. The van der Waals surface area contributed by atoms with Crippen LogP contribution in [0.4, 0.5) is 0 Å². The van der Waals surface area contributed by atoms with Gasteiger partial charge in [0.05, 0.1) is 5.92 Å². The summed E-state index contributed by atoms with van der Waals surface area (Å²) in [5.74, 6) is 4.70. The van der Waals surface area contributed by atoms with Gasteiger partial charge in [-0.25, -0.2) is 0 Å². The molecule has 6 rings (SSSR count). The van der Waals surface area contributed by atoms with Crippen LogP contribution in [0.25, 0.3) is 0 Å². The molecular formula is C43H60O3. The van der Waals surface area contributed by atoms with E-state index in [1.54, 1.807) is 0 Å². The monoisotopic (exact) mass is 624 g/mol. The Morgan fingerprint density at radius 2 is 1.41 bits per heavy atom. The molecule has 0 saturated heterocycles. The van der Waals surface area contributed by atoms with E-state index >= 15 is 0 Å². The van der Waals surface area contributed by atoms with Gasteiger partial charge in [0.15, 0.2) is 5.78 Å². The Balaban J connectivity index is 1.33. The smallest absolute Gasteiger partial charge is 0.314 e. The molecule has 4 aliphatic rings. The number of para-hydroxylation sites is 1. The topological polar surface area (TPSA) is 43.4 Å². The third-order valence-electron chi connectivity index (χ3n) is 14.4. The number of carbonyl (C=O) groups is 2. The van der Waals surface area contributed by atoms with Crippen molar-refractivity contribution in [2.75, 3.05) is 0 Å². The van der Waals surface area contributed by atoms with Gasteiger partial charge in [0.25, 0.3) is 0 Å². The van der Waals surface area contributed by atoms with Crippen LogP contribution in [0.15, 0.2) is 60.7 Å². The lowest BCUT2D eigenvalue weighted by molar-refractivity contribution is -0.194. The first kappa shape index (κ1) is 33.5. The molecule has 10 atom stereocenters. The summed E-state index contributed by atoms with van der Waals surface area (Å²) in [5.41, 5.74) is 0.831. The van der Waals surface area contributed by atoms with E-state index in [0.717, 1.165) is 42.6 Å². The fraction of sp³-hybridized carbons (Fsp3) is 0.674. The Labute approximate surface area is 279 Å². The minimum absolute atomic E-state index is 0.00254. The molecule has 0 aromatic heterocycles. The molecule has 4 saturated carbocycles. The van der Waals surface area contributed by atoms with Gasteiger partial charge in [-0.05, 0) is 115 Å². The van der Waals surface area contributed by atoms with E-state index in [9.17, 15) is 9.59 Å². The molecule has 0 bridgehead atoms. The molecule has 250 valence electrons. The fourth-order valence-corrected chi connectivity index (χ4v) is 12.5. The fourth-order valence-electron chi connectivity index (χ4n) is 12.5. The second-order valence-electron chi connectivity index (χ2n) is 17.6. The summed E-state index contributed by atoms with van der Waals surface area (Å²) in [6.45, 7) is 17.0. The van der Waals surface area contributed by atoms with Crippen molar-refractivity contribution in [1.29, 1.82) is 0 Å². The van der Waals surface area contributed by atoms with Crippen LogP contribution in [0.2, 0.25) is 0 Å². The minimum atomic E-state index is -0.324. The third-order valence-corrected chi connectivity index (χ3v) is 14.4. The van der Waals surface area contributed by atoms with Gasteiger partial charge < -0.3 is 4.74 Å². The first-order valence-electron chi connectivity index (χ1n) is 18.7. The number of carbonyl (C=O) groups excluding carboxylic acids is 2. The molecule has 0 radical (unpaired) electrons. The highest BCUT2D eigenvalue weighted by atomic mass is 16.5. The summed E-state index contributed by atoms with van der Waals surface area (Å²) in [6, 6.07) is 19.5. The van der Waals surface area contributed by atoms with Crippen LogP contribution in [-0.2, 0) is 4.79 Å². The molecular weight excluding hydrogens is 564 g/mol. The summed E-state index contributed by atoms with van der Waals surface area (Å²) in [7, 11) is 0. The maximum absolute atomic E-state index is 14.5. The van der Waals surface area contributed by atoms with Crippen LogP contribution in [-0.4, -0.2) is 11.8 Å². The van der Waals surface area contributed by atoms with E-state index < -0.39 is 0 Å². The number of ketones is 1. The number of hydrogen-bond acceptors (Lipinski definition) is 3. The number of ether oxygens (including phenoxy) is 1. The Kier molecular flexibility index (Phi) is 9.38. The number of esters is 1. The van der Waals surface area contributed by atoms with Crippen molar-refractivity contribution in [2.24, 2.45) is 69.5 Å². The molecule has 3 heteroatoms. The lowest BCUT2D eigenvalue weighted by atomic mass is 9.37. The highest BCUT2D eigenvalue weighted by Crippen LogP contribution is 2.72. The zero-order valence-electron chi connectivity index (χ0n) is 29.8. The van der Waals surface area contributed by atoms with Crippen molar-refractivity contribution < 1.29 is 14.3 Å². The number of hydrogen-bond donors (Lipinski definition) is 0. The molecule has 4 aliphatic carbocycles. The first-order chi connectivity index (χ1) is 21.9. The maximum Gasteiger partial charge on any atom is 0.314 e. The number of fused-ring (bicyclic) bond motifs is 5. The Hall–Kier alpha value is -2.42. The molecule has 0 N–H and O–H groups in total. The molecule has 46 heavy (non-hydrogen) atoms. The van der Waals surface area contributed by atoms with Gasteiger partial charge in [0.2, 0.25) is 0 Å². The molecule has 0 amide bonds. The molecule has 2 aromatic rings. The second kappa shape index (κ2) is 12.9. The molecule has 10 unspecified atom stereocenters. The third kappa shape index (κ3) is 5.81. The number of benzene rings is 2. The maximum atomic E-state index is 14.5. The van der Waals surface area contributed by atoms with Crippen LogP contribution in [0.3, 0.4) is 0 Å². The van der Waals surface area contributed by atoms with Gasteiger partial charge in [-0.1, -0.05) is 116 Å². The Morgan fingerprint density at radius 1 is 0.783 bits per heavy atom. The molecule has 0 heterocycles. The lowest BCUT2D eigenvalue weighted by Crippen LogP contribution is -2.63. The van der Waals surface area contributed by atoms with Gasteiger partial charge in [-0.15, -0.1) is 0 Å². The standard InChI is InChI=1S/C43H60O3/c1-28(2)15-14-16-29(3)34-21-22-35-32-27-33(40(45)46-31-19-12-9-13-20-31)39-41(4,5)37(38(44)30-17-10-8-11-18-30)24-26-43(39,7)36(32)23-25-42(34,35)6/h8-13,17-20,28-29,32-37,39H,14-16,21-27H2,1-7H3. The van der Waals surface area contributed by atoms with Crippen molar-refractivity contribution >= 4 is 11.8 Å². The average Bonchev–Trinajstić information content (AvgIpc) is 3.38. The van der Waals surface area contributed by atoms with E-state index in [-0.39, 0.29) is 40.3 Å². The number of Topliss-reactive ketones (excluding diaryl/α,β-unsaturated/α-hetero) is 1. The predicted octanol–water partition coefficient (Wildman–Crippen LogP) is 11.1. The average molecular weight is 625 g/mol. The largest absolute Gasteiger partial charge is 0.426 e. The van der Waals surface area contributed by atoms with Gasteiger partial charge >= 0.3 is 5.97 Å². The van der Waals surface area contributed by atoms with Crippen molar-refractivity contribution in [1.82, 2.24) is 0 Å². The predicted molar refractivity (Wildman–Crippen MR) is 187 cm³/mol. The van der Waals surface area contributed by atoms with Gasteiger partial charge in [-0.2, -0.15) is 0 Å². The van der Waals surface area contributed by atoms with E-state index in [4.69, 9.17) is 4.74 Å². The highest BCUT2D eigenvalue weighted by Gasteiger charge is 2.67. The SMILES string of the molecule is CC(C)CCCC(C)C1CCC2C3CC(C(=O)Oc4ccccc4)C4C(C)(C)C(C(=O)c5ccccc5)CCC4(C)C3CCC12C. The lowest BCUT2D eigenvalue weighted by Gasteiger charge is -2.66. The normalized spacial score (nSPS) is 37.1. The summed E-state index contributed by atoms with van der Waals surface area (Å²) >= 11 is 0. The summed E-state index contributed by atoms with van der Waals surface area (Å²) in [6.07, 6.45) is 12.0. The van der Waals surface area contributed by atoms with Crippen LogP contribution >= 0.6 is 0 Å². The van der Waals surface area contributed by atoms with Crippen LogP contribution in [0, 0.1) is 69.5 Å². The molecule has 3 nitrogen and oxygen atoms in total. The van der Waals surface area contributed by atoms with Crippen molar-refractivity contribution in [3.8, 4) is 5.75 Å². The van der Waals surface area contributed by atoms with Gasteiger partial charge in [-0.3, -0.25) is 9.59 Å². The van der Waals surface area contributed by atoms with Crippen LogP contribution < -0.4 is 4.74 Å². The van der Waals surface area contributed by atoms with E-state index in [1.165, 1.54) is 44.9 Å². The van der Waals surface area contributed by atoms with Crippen molar-refractivity contribution in [3.05, 3.63) is 66.2 Å². The summed E-state index contributed by atoms with van der Waals surface area (Å²) in [5, 5.41) is 0. The minimum Gasteiger partial charge on any atom is -0.426 e. The summed E-state index contributed by atoms with van der Waals surface area (Å²) in [4.78, 5) is 28.6. The summed E-state index contributed by atoms with van der Waals surface area (Å²) < 4.78 is 6.24.